The molecular weight excluding hydrogens is 800 g/mol. The van der Waals surface area contributed by atoms with Crippen molar-refractivity contribution in [3.05, 3.63) is 120 Å². The summed E-state index contributed by atoms with van der Waals surface area (Å²) in [5.74, 6) is 0. The van der Waals surface area contributed by atoms with Crippen molar-refractivity contribution in [3.63, 3.8) is 0 Å². The van der Waals surface area contributed by atoms with Gasteiger partial charge in [-0.2, -0.15) is 0 Å². The number of hydrogen-bond donors (Lipinski definition) is 0. The van der Waals surface area contributed by atoms with Crippen molar-refractivity contribution in [2.75, 3.05) is 0 Å². The van der Waals surface area contributed by atoms with Crippen LogP contribution in [0.1, 0.15) is 64.1 Å². The summed E-state index contributed by atoms with van der Waals surface area (Å²) in [5, 5.41) is 4.15. The Hall–Kier alpha value is -4.67. The van der Waals surface area contributed by atoms with Gasteiger partial charge < -0.3 is 18.8 Å². The van der Waals surface area contributed by atoms with Crippen LogP contribution in [0, 0.1) is 23.0 Å². The Morgan fingerprint density at radius 3 is 1.34 bits per heavy atom. The second kappa shape index (κ2) is 12.9. The molecule has 0 saturated carbocycles. The third-order valence-corrected chi connectivity index (χ3v) is 8.66. The predicted molar refractivity (Wildman–Crippen MR) is 196 cm³/mol. The molecule has 0 amide bonds. The Morgan fingerprint density at radius 2 is 0.960 bits per heavy atom. The minimum atomic E-state index is 0. The molecule has 0 saturated heterocycles. The summed E-state index contributed by atoms with van der Waals surface area (Å²) < 4.78 is 12.9. The van der Waals surface area contributed by atoms with Crippen LogP contribution in [0.3, 0.4) is 0 Å². The Labute approximate surface area is 306 Å². The van der Waals surface area contributed by atoms with Crippen molar-refractivity contribution < 1.29 is 29.9 Å². The van der Waals surface area contributed by atoms with Crippen LogP contribution < -0.4 is 0 Å². The van der Waals surface area contributed by atoms with E-state index in [9.17, 15) is 0 Å². The zero-order chi connectivity index (χ0) is 33.9. The van der Waals surface area contributed by atoms with Crippen molar-refractivity contribution in [1.29, 1.82) is 0 Å². The fourth-order valence-corrected chi connectivity index (χ4v) is 6.64. The van der Waals surface area contributed by atoms with E-state index in [1.807, 2.05) is 61.2 Å². The van der Waals surface area contributed by atoms with E-state index in [0.29, 0.717) is 6.42 Å². The SMILES string of the molecule is CC(C)(C)Cc1cnc(-c2[c-]c(Cc3[c-]c(-c4cnc(CC(C)(C)C)cn4)c4oc5ccccc5c4c3)cc3c2oc2ccccc23)cn1.[Pt+2]. The molecule has 0 atom stereocenters. The van der Waals surface area contributed by atoms with Gasteiger partial charge in [0.1, 0.15) is 11.2 Å². The Kier molecular flexibility index (Phi) is 8.72. The largest absolute Gasteiger partial charge is 2.00 e. The number of para-hydroxylation sites is 2. The quantitative estimate of drug-likeness (QED) is 0.155. The molecule has 8 aromatic rings. The van der Waals surface area contributed by atoms with Crippen LogP contribution in [0.25, 0.3) is 66.4 Å². The van der Waals surface area contributed by atoms with E-state index in [1.165, 1.54) is 0 Å². The second-order valence-electron chi connectivity index (χ2n) is 15.5. The van der Waals surface area contributed by atoms with Crippen LogP contribution in [0.5, 0.6) is 0 Å². The summed E-state index contributed by atoms with van der Waals surface area (Å²) in [4.78, 5) is 19.3. The molecule has 0 fully saturated rings. The van der Waals surface area contributed by atoms with Crippen molar-refractivity contribution >= 4 is 43.9 Å². The maximum Gasteiger partial charge on any atom is 2.00 e. The Balaban J connectivity index is 0.00000392. The first-order valence-corrected chi connectivity index (χ1v) is 16.8. The molecule has 4 aromatic carbocycles. The summed E-state index contributed by atoms with van der Waals surface area (Å²) in [6.07, 6.45) is 9.71. The minimum Gasteiger partial charge on any atom is -0.501 e. The van der Waals surface area contributed by atoms with E-state index in [4.69, 9.17) is 28.8 Å². The zero-order valence-corrected chi connectivity index (χ0v) is 31.4. The molecule has 252 valence electrons. The molecule has 0 unspecified atom stereocenters. The van der Waals surface area contributed by atoms with Gasteiger partial charge in [-0.1, -0.05) is 99.8 Å². The molecule has 0 aliphatic heterocycles. The number of fused-ring (bicyclic) bond motifs is 6. The average Bonchev–Trinajstić information content (AvgIpc) is 3.62. The summed E-state index contributed by atoms with van der Waals surface area (Å²) in [6, 6.07) is 28.0. The molecule has 4 heterocycles. The molecule has 0 spiro atoms. The monoisotopic (exact) mass is 837 g/mol. The molecule has 8 rings (SSSR count). The molecule has 7 heteroatoms. The van der Waals surface area contributed by atoms with Crippen molar-refractivity contribution in [3.8, 4) is 22.5 Å². The number of hydrogen-bond acceptors (Lipinski definition) is 6. The van der Waals surface area contributed by atoms with Crippen LogP contribution in [-0.4, -0.2) is 19.9 Å². The predicted octanol–water partition coefficient (Wildman–Crippen LogP) is 10.8. The van der Waals surface area contributed by atoms with Gasteiger partial charge in [0.15, 0.2) is 0 Å². The minimum absolute atomic E-state index is 0. The van der Waals surface area contributed by atoms with Gasteiger partial charge in [-0.3, -0.25) is 9.97 Å². The van der Waals surface area contributed by atoms with E-state index in [-0.39, 0.29) is 31.9 Å². The molecule has 0 aliphatic rings. The van der Waals surface area contributed by atoms with Crippen LogP contribution >= 0.6 is 0 Å². The summed E-state index contributed by atoms with van der Waals surface area (Å²) >= 11 is 0. The fraction of sp³-hybridized carbons (Fsp3) is 0.256. The smallest absolute Gasteiger partial charge is 0.501 e. The van der Waals surface area contributed by atoms with E-state index in [2.05, 4.69) is 77.9 Å². The third kappa shape index (κ3) is 6.74. The third-order valence-electron chi connectivity index (χ3n) is 8.66. The maximum atomic E-state index is 6.43. The van der Waals surface area contributed by atoms with E-state index in [1.54, 1.807) is 0 Å². The first-order valence-electron chi connectivity index (χ1n) is 16.8. The average molecular weight is 838 g/mol. The van der Waals surface area contributed by atoms with Gasteiger partial charge >= 0.3 is 21.1 Å². The van der Waals surface area contributed by atoms with Crippen LogP contribution in [0.2, 0.25) is 0 Å². The molecular formula is C43H38N4O2Pt. The molecule has 0 radical (unpaired) electrons. The first kappa shape index (κ1) is 33.8. The first-order chi connectivity index (χ1) is 23.5. The summed E-state index contributed by atoms with van der Waals surface area (Å²) in [7, 11) is 0. The van der Waals surface area contributed by atoms with Crippen molar-refractivity contribution in [2.24, 2.45) is 10.8 Å². The Morgan fingerprint density at radius 1 is 0.540 bits per heavy atom. The molecule has 0 N–H and O–H groups in total. The standard InChI is InChI=1S/C43H38N4O2.Pt/c1-42(2,3)20-28-22-46-36(24-44-28)34-18-26(16-32-30-11-7-9-13-38(30)48-40(32)34)15-27-17-33-31-12-8-10-14-39(31)49-41(33)35(19-27)37-25-45-29(23-47-37)21-43(4,5)6;/h7-14,16-17,22-25H,15,20-21H2,1-6H3;/q-2;+2. The van der Waals surface area contributed by atoms with Gasteiger partial charge in [-0.15, -0.1) is 35.4 Å². The van der Waals surface area contributed by atoms with Crippen molar-refractivity contribution in [2.45, 2.75) is 60.8 Å². The van der Waals surface area contributed by atoms with Crippen LogP contribution in [-0.2, 0) is 40.3 Å². The van der Waals surface area contributed by atoms with E-state index < -0.39 is 0 Å². The normalized spacial score (nSPS) is 12.3. The van der Waals surface area contributed by atoms with Crippen LogP contribution in [0.15, 0.2) is 94.3 Å². The molecule has 50 heavy (non-hydrogen) atoms. The van der Waals surface area contributed by atoms with Gasteiger partial charge in [0.2, 0.25) is 0 Å². The number of aromatic nitrogens is 4. The van der Waals surface area contributed by atoms with Gasteiger partial charge in [0.25, 0.3) is 0 Å². The van der Waals surface area contributed by atoms with Crippen LogP contribution in [0.4, 0.5) is 0 Å². The summed E-state index contributed by atoms with van der Waals surface area (Å²) in [5.41, 5.74) is 10.4. The molecule has 4 aromatic heterocycles. The van der Waals surface area contributed by atoms with Gasteiger partial charge in [0.05, 0.1) is 22.6 Å². The van der Waals surface area contributed by atoms with E-state index >= 15 is 0 Å². The second-order valence-corrected chi connectivity index (χ2v) is 15.5. The van der Waals surface area contributed by atoms with E-state index in [0.717, 1.165) is 102 Å². The molecule has 0 bridgehead atoms. The van der Waals surface area contributed by atoms with Crippen molar-refractivity contribution in [1.82, 2.24) is 19.9 Å². The number of furan rings is 2. The topological polar surface area (TPSA) is 77.8 Å². The number of benzene rings is 4. The Bertz CT molecular complexity index is 2310. The van der Waals surface area contributed by atoms with Gasteiger partial charge in [0, 0.05) is 46.9 Å². The maximum absolute atomic E-state index is 6.43. The fourth-order valence-electron chi connectivity index (χ4n) is 6.64. The van der Waals surface area contributed by atoms with Gasteiger partial charge in [-0.25, -0.2) is 0 Å². The number of nitrogens with zero attached hydrogens (tertiary/aromatic N) is 4. The summed E-state index contributed by atoms with van der Waals surface area (Å²) in [6.45, 7) is 13.2. The zero-order valence-electron chi connectivity index (χ0n) is 29.1. The number of rotatable bonds is 6. The van der Waals surface area contributed by atoms with Gasteiger partial charge in [-0.05, 0) is 42.2 Å². The molecule has 6 nitrogen and oxygen atoms in total. The molecule has 0 aliphatic carbocycles.